The molecule has 2 aromatic rings. The average Bonchev–Trinajstić information content (AvgIpc) is 3.55. The standard InChI is InChI=1S/C29H38N4O3/c1-18(2)12-25-26(36-29(3,4)5)15-28(35)33(25)20-10-11-32(17-20)24-14-27(34)31-23(24)13-19-16-30-22-9-7-6-8-21(19)22/h6-9,14-16,18,20,23,25,30H,10-13,17H2,1-5H3,(H,31,34)/t20?,23?,25-/m0/s1. The van der Waals surface area contributed by atoms with Crippen LogP contribution < -0.4 is 5.32 Å². The number of carbonyl (C=O) groups is 2. The molecule has 192 valence electrons. The number of H-pyrrole nitrogens is 1. The maximum Gasteiger partial charge on any atom is 0.250 e. The predicted molar refractivity (Wildman–Crippen MR) is 141 cm³/mol. The number of ether oxygens (including phenoxy) is 1. The molecule has 5 rings (SSSR count). The number of benzene rings is 1. The number of carbonyl (C=O) groups excluding carboxylic acids is 2. The van der Waals surface area contributed by atoms with E-state index in [0.29, 0.717) is 5.92 Å². The number of amides is 2. The molecular formula is C29H38N4O3. The lowest BCUT2D eigenvalue weighted by atomic mass is 10.0. The van der Waals surface area contributed by atoms with Crippen LogP contribution in [0.5, 0.6) is 0 Å². The van der Waals surface area contributed by atoms with Gasteiger partial charge < -0.3 is 24.8 Å². The lowest BCUT2D eigenvalue weighted by Gasteiger charge is -2.35. The third kappa shape index (κ3) is 4.88. The summed E-state index contributed by atoms with van der Waals surface area (Å²) >= 11 is 0. The predicted octanol–water partition coefficient (Wildman–Crippen LogP) is 4.12. The van der Waals surface area contributed by atoms with Gasteiger partial charge in [-0.05, 0) is 51.2 Å². The Balaban J connectivity index is 1.32. The van der Waals surface area contributed by atoms with Gasteiger partial charge in [0.25, 0.3) is 5.91 Å². The van der Waals surface area contributed by atoms with E-state index in [-0.39, 0.29) is 35.5 Å². The molecule has 0 radical (unpaired) electrons. The largest absolute Gasteiger partial charge is 0.490 e. The molecule has 1 fully saturated rings. The maximum atomic E-state index is 13.2. The molecule has 2 N–H and O–H groups in total. The van der Waals surface area contributed by atoms with Crippen molar-refractivity contribution in [1.82, 2.24) is 20.1 Å². The van der Waals surface area contributed by atoms with Gasteiger partial charge in [0.1, 0.15) is 11.4 Å². The van der Waals surface area contributed by atoms with Gasteiger partial charge in [-0.2, -0.15) is 0 Å². The summed E-state index contributed by atoms with van der Waals surface area (Å²) in [5.41, 5.74) is 2.97. The molecule has 0 aliphatic carbocycles. The fraction of sp³-hybridized carbons (Fsp3) is 0.517. The van der Waals surface area contributed by atoms with E-state index in [0.717, 1.165) is 49.3 Å². The normalized spacial score (nSPS) is 24.7. The van der Waals surface area contributed by atoms with Gasteiger partial charge in [0, 0.05) is 54.5 Å². The first-order valence-electron chi connectivity index (χ1n) is 13.1. The van der Waals surface area contributed by atoms with Gasteiger partial charge in [0.15, 0.2) is 0 Å². The highest BCUT2D eigenvalue weighted by molar-refractivity contribution is 5.93. The minimum Gasteiger partial charge on any atom is -0.490 e. The maximum absolute atomic E-state index is 13.2. The van der Waals surface area contributed by atoms with E-state index >= 15 is 0 Å². The van der Waals surface area contributed by atoms with Crippen LogP contribution in [0.2, 0.25) is 0 Å². The summed E-state index contributed by atoms with van der Waals surface area (Å²) in [6.45, 7) is 12.0. The van der Waals surface area contributed by atoms with Gasteiger partial charge in [-0.1, -0.05) is 32.0 Å². The van der Waals surface area contributed by atoms with Gasteiger partial charge in [-0.15, -0.1) is 0 Å². The number of hydrogen-bond donors (Lipinski definition) is 2. The first kappa shape index (κ1) is 24.5. The van der Waals surface area contributed by atoms with Crippen LogP contribution in [0.15, 0.2) is 54.1 Å². The quantitative estimate of drug-likeness (QED) is 0.612. The molecule has 3 aliphatic heterocycles. The number of para-hydroxylation sites is 1. The highest BCUT2D eigenvalue weighted by Crippen LogP contribution is 2.35. The molecule has 4 heterocycles. The summed E-state index contributed by atoms with van der Waals surface area (Å²) in [5.74, 6) is 1.22. The summed E-state index contributed by atoms with van der Waals surface area (Å²) in [7, 11) is 0. The first-order valence-corrected chi connectivity index (χ1v) is 13.1. The van der Waals surface area contributed by atoms with Gasteiger partial charge >= 0.3 is 0 Å². The number of aromatic amines is 1. The third-order valence-electron chi connectivity index (χ3n) is 7.28. The molecule has 1 aromatic heterocycles. The van der Waals surface area contributed by atoms with Crippen molar-refractivity contribution >= 4 is 22.7 Å². The van der Waals surface area contributed by atoms with Crippen molar-refractivity contribution in [3.8, 4) is 0 Å². The molecule has 1 aromatic carbocycles. The zero-order valence-corrected chi connectivity index (χ0v) is 22.0. The summed E-state index contributed by atoms with van der Waals surface area (Å²) in [6.07, 6.45) is 7.96. The fourth-order valence-corrected chi connectivity index (χ4v) is 5.86. The number of hydrogen-bond acceptors (Lipinski definition) is 4. The van der Waals surface area contributed by atoms with Crippen molar-refractivity contribution in [3.05, 3.63) is 59.6 Å². The van der Waals surface area contributed by atoms with Crippen LogP contribution >= 0.6 is 0 Å². The molecule has 2 amide bonds. The number of nitrogens with zero attached hydrogens (tertiary/aromatic N) is 2. The van der Waals surface area contributed by atoms with E-state index in [2.05, 4.69) is 41.2 Å². The van der Waals surface area contributed by atoms with Crippen molar-refractivity contribution in [2.45, 2.75) is 77.6 Å². The monoisotopic (exact) mass is 490 g/mol. The number of nitrogens with one attached hydrogen (secondary N) is 2. The summed E-state index contributed by atoms with van der Waals surface area (Å²) in [5, 5.41) is 4.34. The fourth-order valence-electron chi connectivity index (χ4n) is 5.86. The van der Waals surface area contributed by atoms with Crippen molar-refractivity contribution in [3.63, 3.8) is 0 Å². The van der Waals surface area contributed by atoms with E-state index in [1.807, 2.05) is 44.0 Å². The second kappa shape index (κ2) is 9.34. The zero-order chi connectivity index (χ0) is 25.6. The molecule has 7 heteroatoms. The summed E-state index contributed by atoms with van der Waals surface area (Å²) < 4.78 is 6.24. The van der Waals surface area contributed by atoms with Gasteiger partial charge in [-0.3, -0.25) is 9.59 Å². The number of aromatic nitrogens is 1. The van der Waals surface area contributed by atoms with E-state index < -0.39 is 0 Å². The summed E-state index contributed by atoms with van der Waals surface area (Å²) in [6, 6.07) is 8.22. The Labute approximate surface area is 213 Å². The Hall–Kier alpha value is -3.22. The SMILES string of the molecule is CC(C)C[C@H]1C(OC(C)(C)C)=CC(=O)N1C1CCN(C2=CC(=O)NC2Cc2c[nH]c3ccccc23)C1. The molecule has 3 aliphatic rings. The molecule has 36 heavy (non-hydrogen) atoms. The topological polar surface area (TPSA) is 77.7 Å². The molecule has 0 saturated carbocycles. The van der Waals surface area contributed by atoms with Crippen molar-refractivity contribution in [2.75, 3.05) is 13.1 Å². The molecule has 0 spiro atoms. The third-order valence-corrected chi connectivity index (χ3v) is 7.28. The zero-order valence-electron chi connectivity index (χ0n) is 22.0. The smallest absolute Gasteiger partial charge is 0.250 e. The van der Waals surface area contributed by atoms with Crippen LogP contribution in [0.25, 0.3) is 10.9 Å². The van der Waals surface area contributed by atoms with Crippen molar-refractivity contribution < 1.29 is 14.3 Å². The van der Waals surface area contributed by atoms with Crippen LogP contribution in [0.4, 0.5) is 0 Å². The first-order chi connectivity index (χ1) is 17.1. The molecule has 2 unspecified atom stereocenters. The molecule has 3 atom stereocenters. The Morgan fingerprint density at radius 1 is 1.14 bits per heavy atom. The van der Waals surface area contributed by atoms with Crippen molar-refractivity contribution in [2.24, 2.45) is 5.92 Å². The van der Waals surface area contributed by atoms with Crippen LogP contribution in [0.3, 0.4) is 0 Å². The van der Waals surface area contributed by atoms with Gasteiger partial charge in [-0.25, -0.2) is 0 Å². The Morgan fingerprint density at radius 3 is 2.67 bits per heavy atom. The van der Waals surface area contributed by atoms with Crippen LogP contribution in [0.1, 0.15) is 53.0 Å². The Kier molecular flexibility index (Phi) is 6.35. The van der Waals surface area contributed by atoms with E-state index in [1.54, 1.807) is 12.2 Å². The number of fused-ring (bicyclic) bond motifs is 1. The highest BCUT2D eigenvalue weighted by atomic mass is 16.5. The van der Waals surface area contributed by atoms with Gasteiger partial charge in [0.05, 0.1) is 18.1 Å². The lowest BCUT2D eigenvalue weighted by molar-refractivity contribution is -0.129. The Bertz CT molecular complexity index is 1220. The van der Waals surface area contributed by atoms with E-state index in [9.17, 15) is 9.59 Å². The molecule has 0 bridgehead atoms. The lowest BCUT2D eigenvalue weighted by Crippen LogP contribution is -2.46. The van der Waals surface area contributed by atoms with Crippen LogP contribution in [-0.4, -0.2) is 63.4 Å². The van der Waals surface area contributed by atoms with Crippen LogP contribution in [-0.2, 0) is 20.7 Å². The second-order valence-corrected chi connectivity index (χ2v) is 11.7. The Morgan fingerprint density at radius 2 is 1.92 bits per heavy atom. The van der Waals surface area contributed by atoms with Crippen LogP contribution in [0, 0.1) is 5.92 Å². The number of rotatable bonds is 7. The van der Waals surface area contributed by atoms with Crippen molar-refractivity contribution in [1.29, 1.82) is 0 Å². The minimum absolute atomic E-state index is 0.0386. The average molecular weight is 491 g/mol. The molecule has 1 saturated heterocycles. The minimum atomic E-state index is -0.352. The highest BCUT2D eigenvalue weighted by Gasteiger charge is 2.43. The van der Waals surface area contributed by atoms with E-state index in [4.69, 9.17) is 4.74 Å². The molecular weight excluding hydrogens is 452 g/mol. The van der Waals surface area contributed by atoms with E-state index in [1.165, 1.54) is 10.9 Å². The second-order valence-electron chi connectivity index (χ2n) is 11.7. The summed E-state index contributed by atoms with van der Waals surface area (Å²) in [4.78, 5) is 33.3. The van der Waals surface area contributed by atoms with Gasteiger partial charge in [0.2, 0.25) is 5.91 Å². The number of likely N-dealkylation sites (tertiary alicyclic amines) is 1. The molecule has 7 nitrogen and oxygen atoms in total.